The van der Waals surface area contributed by atoms with Gasteiger partial charge < -0.3 is 19.3 Å². The number of phenols is 1. The van der Waals surface area contributed by atoms with Gasteiger partial charge in [0.15, 0.2) is 0 Å². The molecule has 0 bridgehead atoms. The Morgan fingerprint density at radius 1 is 0.967 bits per heavy atom. The maximum Gasteiger partial charge on any atom is 0.217 e. The number of fused-ring (bicyclic) bond motifs is 3. The topological polar surface area (TPSA) is 63.5 Å². The second-order valence-corrected chi connectivity index (χ2v) is 7.28. The van der Waals surface area contributed by atoms with Gasteiger partial charge in [-0.05, 0) is 36.4 Å². The van der Waals surface area contributed by atoms with Gasteiger partial charge in [0, 0.05) is 17.5 Å². The van der Waals surface area contributed by atoms with Crippen molar-refractivity contribution in [3.8, 4) is 23.0 Å². The number of phenolic OH excluding ortho intramolecular Hbond substituents is 1. The fourth-order valence-corrected chi connectivity index (χ4v) is 4.15. The quantitative estimate of drug-likeness (QED) is 0.688. The average molecular weight is 402 g/mol. The maximum absolute atomic E-state index is 10.4. The molecular weight excluding hydrogens is 380 g/mol. The van der Waals surface area contributed by atoms with E-state index >= 15 is 0 Å². The van der Waals surface area contributed by atoms with E-state index in [0.717, 1.165) is 28.2 Å². The van der Waals surface area contributed by atoms with Gasteiger partial charge in [0.25, 0.3) is 0 Å². The lowest BCUT2D eigenvalue weighted by Crippen LogP contribution is -2.33. The van der Waals surface area contributed by atoms with E-state index in [0.29, 0.717) is 17.9 Å². The minimum Gasteiger partial charge on any atom is -0.507 e. The summed E-state index contributed by atoms with van der Waals surface area (Å²) in [5.74, 6) is 2.46. The highest BCUT2D eigenvalue weighted by Crippen LogP contribution is 2.49. The number of methoxy groups -OCH3 is 2. The molecule has 2 heterocycles. The zero-order valence-corrected chi connectivity index (χ0v) is 16.8. The molecule has 1 N–H and O–H groups in total. The van der Waals surface area contributed by atoms with Crippen LogP contribution in [-0.4, -0.2) is 30.0 Å². The summed E-state index contributed by atoms with van der Waals surface area (Å²) < 4.78 is 17.5. The van der Waals surface area contributed by atoms with Crippen LogP contribution in [0.4, 0.5) is 0 Å². The number of ether oxygens (including phenoxy) is 3. The van der Waals surface area contributed by atoms with Crippen LogP contribution in [0.1, 0.15) is 35.4 Å². The first-order chi connectivity index (χ1) is 14.7. The van der Waals surface area contributed by atoms with Crippen molar-refractivity contribution < 1.29 is 19.3 Å². The van der Waals surface area contributed by atoms with Crippen LogP contribution < -0.4 is 14.2 Å². The summed E-state index contributed by atoms with van der Waals surface area (Å²) in [6.07, 6.45) is 0.180. The van der Waals surface area contributed by atoms with Crippen molar-refractivity contribution in [2.24, 2.45) is 5.10 Å². The summed E-state index contributed by atoms with van der Waals surface area (Å²) in [6, 6.07) is 20.9. The van der Waals surface area contributed by atoms with Crippen LogP contribution in [-0.2, 0) is 0 Å². The molecule has 152 valence electrons. The molecule has 0 saturated carbocycles. The third kappa shape index (κ3) is 2.92. The normalized spacial score (nSPS) is 19.4. The largest absolute Gasteiger partial charge is 0.507 e. The van der Waals surface area contributed by atoms with E-state index in [-0.39, 0.29) is 11.8 Å². The molecule has 30 heavy (non-hydrogen) atoms. The van der Waals surface area contributed by atoms with Gasteiger partial charge in [-0.25, -0.2) is 5.01 Å². The molecule has 5 rings (SSSR count). The minimum atomic E-state index is -0.488. The number of hydrogen-bond donors (Lipinski definition) is 1. The van der Waals surface area contributed by atoms with Gasteiger partial charge in [-0.2, -0.15) is 5.10 Å². The molecule has 0 fully saturated rings. The predicted molar refractivity (Wildman–Crippen MR) is 113 cm³/mol. The Bertz CT molecular complexity index is 1130. The van der Waals surface area contributed by atoms with Gasteiger partial charge in [-0.3, -0.25) is 0 Å². The molecule has 2 atom stereocenters. The van der Waals surface area contributed by atoms with Crippen molar-refractivity contribution in [1.29, 1.82) is 0 Å². The van der Waals surface area contributed by atoms with Gasteiger partial charge in [-0.1, -0.05) is 30.3 Å². The van der Waals surface area contributed by atoms with Crippen LogP contribution in [0.25, 0.3) is 0 Å². The lowest BCUT2D eigenvalue weighted by atomic mass is 9.95. The van der Waals surface area contributed by atoms with Gasteiger partial charge in [0.1, 0.15) is 23.0 Å². The Kier molecular flexibility index (Phi) is 4.47. The van der Waals surface area contributed by atoms with Crippen LogP contribution in [0.2, 0.25) is 0 Å². The first kappa shape index (κ1) is 18.4. The van der Waals surface area contributed by atoms with E-state index < -0.39 is 6.23 Å². The summed E-state index contributed by atoms with van der Waals surface area (Å²) in [6.45, 7) is 0. The first-order valence-electron chi connectivity index (χ1n) is 9.81. The van der Waals surface area contributed by atoms with Crippen molar-refractivity contribution in [2.45, 2.75) is 18.7 Å². The van der Waals surface area contributed by atoms with Crippen molar-refractivity contribution in [2.75, 3.05) is 14.2 Å². The molecule has 3 aromatic rings. The fraction of sp³-hybridized carbons (Fsp3) is 0.208. The maximum atomic E-state index is 10.4. The van der Waals surface area contributed by atoms with Crippen LogP contribution in [0, 0.1) is 0 Å². The molecule has 0 unspecified atom stereocenters. The Hall–Kier alpha value is -3.67. The van der Waals surface area contributed by atoms with E-state index in [1.807, 2.05) is 59.6 Å². The SMILES string of the molecule is COc1ccc(OC)c([C@@H]2Oc3ccccc3[C@@H]3CC(c4ccccc4O)=NN32)c1. The fourth-order valence-electron chi connectivity index (χ4n) is 4.15. The lowest BCUT2D eigenvalue weighted by Gasteiger charge is -2.38. The van der Waals surface area contributed by atoms with E-state index in [9.17, 15) is 5.11 Å². The number of hydrogen-bond acceptors (Lipinski definition) is 6. The standard InChI is InChI=1S/C24H22N2O4/c1-28-15-11-12-22(29-2)18(13-15)24-26-20(17-8-4-6-10-23(17)30-24)14-19(25-26)16-7-3-5-9-21(16)27/h3-13,20,24,27H,14H2,1-2H3/t20-,24-/m0/s1. The van der Waals surface area contributed by atoms with Crippen molar-refractivity contribution >= 4 is 5.71 Å². The van der Waals surface area contributed by atoms with Crippen LogP contribution in [0.3, 0.4) is 0 Å². The van der Waals surface area contributed by atoms with Crippen LogP contribution >= 0.6 is 0 Å². The van der Waals surface area contributed by atoms with Crippen LogP contribution in [0.5, 0.6) is 23.0 Å². The Labute approximate surface area is 174 Å². The smallest absolute Gasteiger partial charge is 0.217 e. The highest BCUT2D eigenvalue weighted by atomic mass is 16.5. The Balaban J connectivity index is 1.64. The molecule has 0 spiro atoms. The number of hydrazone groups is 1. The molecule has 3 aromatic carbocycles. The zero-order valence-electron chi connectivity index (χ0n) is 16.8. The monoisotopic (exact) mass is 402 g/mol. The molecular formula is C24H22N2O4. The molecule has 0 aromatic heterocycles. The molecule has 0 radical (unpaired) electrons. The Morgan fingerprint density at radius 2 is 1.77 bits per heavy atom. The van der Waals surface area contributed by atoms with Gasteiger partial charge in [0.05, 0.1) is 31.5 Å². The first-order valence-corrected chi connectivity index (χ1v) is 9.81. The summed E-state index contributed by atoms with van der Waals surface area (Å²) >= 11 is 0. The lowest BCUT2D eigenvalue weighted by molar-refractivity contribution is -0.0204. The highest BCUT2D eigenvalue weighted by Gasteiger charge is 2.42. The molecule has 0 saturated heterocycles. The number of aromatic hydroxyl groups is 1. The summed E-state index contributed by atoms with van der Waals surface area (Å²) in [5.41, 5.74) is 3.47. The third-order valence-electron chi connectivity index (χ3n) is 5.62. The van der Waals surface area contributed by atoms with E-state index in [1.54, 1.807) is 20.3 Å². The number of benzene rings is 3. The zero-order chi connectivity index (χ0) is 20.7. The molecule has 2 aliphatic heterocycles. The van der Waals surface area contributed by atoms with Crippen molar-refractivity contribution in [3.63, 3.8) is 0 Å². The summed E-state index contributed by atoms with van der Waals surface area (Å²) in [4.78, 5) is 0. The molecule has 0 aliphatic carbocycles. The predicted octanol–water partition coefficient (Wildman–Crippen LogP) is 4.65. The molecule has 6 heteroatoms. The molecule has 6 nitrogen and oxygen atoms in total. The molecule has 2 aliphatic rings. The van der Waals surface area contributed by atoms with Gasteiger partial charge in [0.2, 0.25) is 6.23 Å². The number of rotatable bonds is 4. The third-order valence-corrected chi connectivity index (χ3v) is 5.62. The summed E-state index contributed by atoms with van der Waals surface area (Å²) in [5, 5.41) is 17.2. The highest BCUT2D eigenvalue weighted by molar-refractivity contribution is 6.04. The van der Waals surface area contributed by atoms with Gasteiger partial charge >= 0.3 is 0 Å². The van der Waals surface area contributed by atoms with Gasteiger partial charge in [-0.15, -0.1) is 0 Å². The van der Waals surface area contributed by atoms with E-state index in [4.69, 9.17) is 19.3 Å². The summed E-state index contributed by atoms with van der Waals surface area (Å²) in [7, 11) is 3.27. The second kappa shape index (κ2) is 7.30. The minimum absolute atomic E-state index is 0.00883. The second-order valence-electron chi connectivity index (χ2n) is 7.28. The Morgan fingerprint density at radius 3 is 2.57 bits per heavy atom. The average Bonchev–Trinajstić information content (AvgIpc) is 3.24. The van der Waals surface area contributed by atoms with Crippen LogP contribution in [0.15, 0.2) is 71.8 Å². The number of para-hydroxylation sites is 2. The molecule has 0 amide bonds. The van der Waals surface area contributed by atoms with Crippen molar-refractivity contribution in [1.82, 2.24) is 5.01 Å². The van der Waals surface area contributed by atoms with Crippen molar-refractivity contribution in [3.05, 3.63) is 83.4 Å². The number of nitrogens with zero attached hydrogens (tertiary/aromatic N) is 2. The van der Waals surface area contributed by atoms with E-state index in [1.165, 1.54) is 0 Å². The van der Waals surface area contributed by atoms with E-state index in [2.05, 4.69) is 6.07 Å².